The van der Waals surface area contributed by atoms with Gasteiger partial charge in [0, 0.05) is 10.9 Å². The fourth-order valence-corrected chi connectivity index (χ4v) is 2.09. The predicted octanol–water partition coefficient (Wildman–Crippen LogP) is 4.10. The number of fused-ring (bicyclic) bond motifs is 1. The first kappa shape index (κ1) is 16.6. The quantitative estimate of drug-likeness (QED) is 0.570. The van der Waals surface area contributed by atoms with Gasteiger partial charge in [-0.3, -0.25) is 4.79 Å². The monoisotopic (exact) mass is 348 g/mol. The van der Waals surface area contributed by atoms with E-state index in [1.807, 2.05) is 18.2 Å². The molecule has 25 heavy (non-hydrogen) atoms. The van der Waals surface area contributed by atoms with E-state index in [9.17, 15) is 18.0 Å². The van der Waals surface area contributed by atoms with E-state index in [1.165, 1.54) is 18.3 Å². The van der Waals surface area contributed by atoms with Gasteiger partial charge in [0.15, 0.2) is 0 Å². The number of nitrogens with zero attached hydrogens (tertiary/aromatic N) is 1. The van der Waals surface area contributed by atoms with Gasteiger partial charge in [0.05, 0.1) is 6.21 Å². The minimum atomic E-state index is -4.78. The van der Waals surface area contributed by atoms with Crippen LogP contribution >= 0.6 is 0 Å². The number of carbonyl (C=O) groups is 1. The van der Waals surface area contributed by atoms with E-state index in [0.717, 1.165) is 17.5 Å². The lowest BCUT2D eigenvalue weighted by atomic mass is 10.2. The van der Waals surface area contributed by atoms with Crippen LogP contribution in [0.4, 0.5) is 13.2 Å². The van der Waals surface area contributed by atoms with Gasteiger partial charge in [-0.1, -0.05) is 18.2 Å². The predicted molar refractivity (Wildman–Crippen MR) is 84.4 cm³/mol. The second-order valence-electron chi connectivity index (χ2n) is 4.96. The Morgan fingerprint density at radius 2 is 1.84 bits per heavy atom. The van der Waals surface area contributed by atoms with Crippen molar-refractivity contribution < 1.29 is 27.1 Å². The molecule has 1 heterocycles. The highest BCUT2D eigenvalue weighted by atomic mass is 19.4. The van der Waals surface area contributed by atoms with E-state index < -0.39 is 18.0 Å². The third-order valence-electron chi connectivity index (χ3n) is 3.15. The summed E-state index contributed by atoms with van der Waals surface area (Å²) < 4.78 is 45.5. The zero-order valence-electron chi connectivity index (χ0n) is 12.6. The molecule has 0 bridgehead atoms. The molecule has 0 unspecified atom stereocenters. The number of carbonyl (C=O) groups excluding carboxylic acids is 1. The lowest BCUT2D eigenvalue weighted by molar-refractivity contribution is -0.274. The van der Waals surface area contributed by atoms with E-state index in [0.29, 0.717) is 11.3 Å². The Balaban J connectivity index is 1.62. The molecule has 1 amide bonds. The number of hydrogen-bond acceptors (Lipinski definition) is 4. The number of amides is 1. The topological polar surface area (TPSA) is 63.8 Å². The summed E-state index contributed by atoms with van der Waals surface area (Å²) in [5, 5.41) is 4.66. The van der Waals surface area contributed by atoms with Gasteiger partial charge in [-0.15, -0.1) is 13.2 Å². The molecule has 0 radical (unpaired) electrons. The molecule has 2 aromatic carbocycles. The van der Waals surface area contributed by atoms with Gasteiger partial charge in [0.25, 0.3) is 5.91 Å². The molecule has 0 atom stereocenters. The Bertz CT molecular complexity index is 882. The molecule has 0 fully saturated rings. The van der Waals surface area contributed by atoms with Crippen LogP contribution in [0, 0.1) is 0 Å². The Morgan fingerprint density at radius 3 is 2.52 bits per heavy atom. The van der Waals surface area contributed by atoms with Crippen LogP contribution in [0.5, 0.6) is 5.75 Å². The van der Waals surface area contributed by atoms with E-state index in [-0.39, 0.29) is 5.56 Å². The number of rotatable bonds is 4. The highest BCUT2D eigenvalue weighted by molar-refractivity contribution is 5.95. The molecule has 128 valence electrons. The first-order valence-corrected chi connectivity index (χ1v) is 7.08. The smallest absolute Gasteiger partial charge is 0.455 e. The second-order valence-corrected chi connectivity index (χ2v) is 4.96. The maximum Gasteiger partial charge on any atom is 0.573 e. The van der Waals surface area contributed by atoms with Crippen LogP contribution in [0.25, 0.3) is 11.0 Å². The fraction of sp³-hybridized carbons (Fsp3) is 0.0588. The summed E-state index contributed by atoms with van der Waals surface area (Å²) in [5.41, 5.74) is 3.09. The van der Waals surface area contributed by atoms with Crippen molar-refractivity contribution in [2.45, 2.75) is 6.36 Å². The van der Waals surface area contributed by atoms with Gasteiger partial charge < -0.3 is 9.15 Å². The number of nitrogens with one attached hydrogen (secondary N) is 1. The lowest BCUT2D eigenvalue weighted by Crippen LogP contribution is -2.18. The number of para-hydroxylation sites is 1. The van der Waals surface area contributed by atoms with Gasteiger partial charge in [-0.05, 0) is 36.4 Å². The number of furan rings is 1. The van der Waals surface area contributed by atoms with Crippen molar-refractivity contribution in [1.29, 1.82) is 0 Å². The maximum absolute atomic E-state index is 12.1. The van der Waals surface area contributed by atoms with Gasteiger partial charge in [0.2, 0.25) is 0 Å². The summed E-state index contributed by atoms with van der Waals surface area (Å²) in [6.45, 7) is 0. The summed E-state index contributed by atoms with van der Waals surface area (Å²) in [6, 6.07) is 13.6. The molecule has 8 heteroatoms. The van der Waals surface area contributed by atoms with E-state index in [2.05, 4.69) is 15.3 Å². The van der Waals surface area contributed by atoms with Crippen molar-refractivity contribution in [3.8, 4) is 5.75 Å². The van der Waals surface area contributed by atoms with E-state index >= 15 is 0 Å². The van der Waals surface area contributed by atoms with Crippen LogP contribution in [0.3, 0.4) is 0 Å². The lowest BCUT2D eigenvalue weighted by Gasteiger charge is -2.08. The Kier molecular flexibility index (Phi) is 4.42. The molecule has 0 saturated heterocycles. The summed E-state index contributed by atoms with van der Waals surface area (Å²) >= 11 is 0. The molecule has 5 nitrogen and oxygen atoms in total. The minimum absolute atomic E-state index is 0.135. The summed E-state index contributed by atoms with van der Waals surface area (Å²) in [5.74, 6) is -0.531. The van der Waals surface area contributed by atoms with Gasteiger partial charge in [-0.2, -0.15) is 5.10 Å². The van der Waals surface area contributed by atoms with E-state index in [4.69, 9.17) is 4.42 Å². The summed E-state index contributed by atoms with van der Waals surface area (Å²) in [4.78, 5) is 11.9. The third-order valence-corrected chi connectivity index (χ3v) is 3.15. The zero-order valence-corrected chi connectivity index (χ0v) is 12.6. The minimum Gasteiger partial charge on any atom is -0.455 e. The van der Waals surface area contributed by atoms with Crippen LogP contribution < -0.4 is 10.2 Å². The van der Waals surface area contributed by atoms with Crippen molar-refractivity contribution >= 4 is 23.1 Å². The number of hydrogen-bond donors (Lipinski definition) is 1. The number of alkyl halides is 3. The van der Waals surface area contributed by atoms with Crippen molar-refractivity contribution in [3.63, 3.8) is 0 Å². The second kappa shape index (κ2) is 6.68. The third kappa shape index (κ3) is 4.37. The van der Waals surface area contributed by atoms with Crippen LogP contribution in [0.2, 0.25) is 0 Å². The highest BCUT2D eigenvalue weighted by Gasteiger charge is 2.31. The molecule has 0 spiro atoms. The maximum atomic E-state index is 12.1. The number of ether oxygens (including phenoxy) is 1. The van der Waals surface area contributed by atoms with Crippen LogP contribution in [0.15, 0.2) is 64.1 Å². The molecule has 0 saturated carbocycles. The van der Waals surface area contributed by atoms with E-state index in [1.54, 1.807) is 12.1 Å². The summed E-state index contributed by atoms with van der Waals surface area (Å²) in [7, 11) is 0. The van der Waals surface area contributed by atoms with Crippen molar-refractivity contribution in [1.82, 2.24) is 5.43 Å². The average molecular weight is 348 g/mol. The SMILES string of the molecule is O=C(NN=Cc1cc2ccccc2o1)c1ccc(OC(F)(F)F)cc1. The molecule has 0 aliphatic rings. The van der Waals surface area contributed by atoms with Crippen LogP contribution in [-0.2, 0) is 0 Å². The molecule has 0 aliphatic heterocycles. The molecule has 3 aromatic rings. The number of benzene rings is 2. The molecule has 1 N–H and O–H groups in total. The largest absolute Gasteiger partial charge is 0.573 e. The Labute approximate surface area is 139 Å². The van der Waals surface area contributed by atoms with Gasteiger partial charge >= 0.3 is 6.36 Å². The first-order valence-electron chi connectivity index (χ1n) is 7.08. The average Bonchev–Trinajstić information content (AvgIpc) is 2.96. The van der Waals surface area contributed by atoms with Crippen molar-refractivity contribution in [3.05, 3.63) is 65.9 Å². The van der Waals surface area contributed by atoms with Crippen molar-refractivity contribution in [2.24, 2.45) is 5.10 Å². The molecule has 1 aromatic heterocycles. The zero-order chi connectivity index (χ0) is 17.9. The van der Waals surface area contributed by atoms with Gasteiger partial charge in [-0.25, -0.2) is 5.43 Å². The van der Waals surface area contributed by atoms with Crippen LogP contribution in [0.1, 0.15) is 16.1 Å². The Hall–Kier alpha value is -3.29. The number of halogens is 3. The summed E-state index contributed by atoms with van der Waals surface area (Å²) in [6.07, 6.45) is -3.44. The molecular formula is C17H11F3N2O3. The van der Waals surface area contributed by atoms with Crippen molar-refractivity contribution in [2.75, 3.05) is 0 Å². The molecule has 3 rings (SSSR count). The highest BCUT2D eigenvalue weighted by Crippen LogP contribution is 2.22. The van der Waals surface area contributed by atoms with Gasteiger partial charge in [0.1, 0.15) is 17.1 Å². The molecular weight excluding hydrogens is 337 g/mol. The number of hydrazone groups is 1. The standard InChI is InChI=1S/C17H11F3N2O3/c18-17(19,20)25-13-7-5-11(6-8-13)16(23)22-21-10-14-9-12-3-1-2-4-15(12)24-14/h1-10H,(H,22,23). The first-order chi connectivity index (χ1) is 11.9. The Morgan fingerprint density at radius 1 is 1.12 bits per heavy atom. The van der Waals surface area contributed by atoms with Crippen LogP contribution in [-0.4, -0.2) is 18.5 Å². The normalized spacial score (nSPS) is 11.8. The molecule has 0 aliphatic carbocycles. The fourth-order valence-electron chi connectivity index (χ4n) is 2.09.